The van der Waals surface area contributed by atoms with Gasteiger partial charge >= 0.3 is 0 Å². The lowest BCUT2D eigenvalue weighted by Crippen LogP contribution is -1.96. The molecule has 0 atom stereocenters. The largest absolute Gasteiger partial charge is 0.319 e. The topological polar surface area (TPSA) is 14.2 Å². The van der Waals surface area contributed by atoms with E-state index in [9.17, 15) is 4.39 Å². The molecule has 0 amide bonds. The summed E-state index contributed by atoms with van der Waals surface area (Å²) in [6.45, 7) is 7.68. The molecule has 5 aromatic carbocycles. The molecule has 7 aromatic rings. The van der Waals surface area contributed by atoms with Crippen molar-refractivity contribution in [3.63, 3.8) is 0 Å². The van der Waals surface area contributed by atoms with Crippen LogP contribution in [0.25, 0.3) is 59.8 Å². The predicted molar refractivity (Wildman–Crippen MR) is 141 cm³/mol. The molecule has 7 rings (SSSR count). The van der Waals surface area contributed by atoms with Crippen LogP contribution in [0, 0.1) is 12.4 Å². The summed E-state index contributed by atoms with van der Waals surface area (Å²) in [5, 5.41) is 3.72. The van der Waals surface area contributed by atoms with E-state index in [4.69, 9.17) is 6.57 Å². The van der Waals surface area contributed by atoms with E-state index >= 15 is 0 Å². The average Bonchev–Trinajstić information content (AvgIpc) is 3.42. The smallest absolute Gasteiger partial charge is 0.210 e. The van der Waals surface area contributed by atoms with Gasteiger partial charge in [0.2, 0.25) is 5.69 Å². The maximum atomic E-state index is 14.9. The molecule has 2 aromatic heterocycles. The number of hydrogen-bond acceptors (Lipinski definition) is 0. The summed E-state index contributed by atoms with van der Waals surface area (Å²) in [5.41, 5.74) is 6.32. The molecule has 0 spiro atoms. The van der Waals surface area contributed by atoms with Gasteiger partial charge in [0.1, 0.15) is 5.82 Å². The fourth-order valence-corrected chi connectivity index (χ4v) is 5.36. The van der Waals surface area contributed by atoms with Crippen molar-refractivity contribution in [2.24, 2.45) is 0 Å². The molecule has 0 unspecified atom stereocenters. The molecule has 0 aliphatic carbocycles. The number of benzene rings is 5. The first-order chi connectivity index (χ1) is 17.3. The summed E-state index contributed by atoms with van der Waals surface area (Å²) >= 11 is 0. The molecule has 164 valence electrons. The normalized spacial score (nSPS) is 11.5. The van der Waals surface area contributed by atoms with Crippen LogP contribution in [0.5, 0.6) is 0 Å². The van der Waals surface area contributed by atoms with Gasteiger partial charge in [-0.05, 0) is 48.5 Å². The van der Waals surface area contributed by atoms with E-state index in [0.29, 0.717) is 11.1 Å². The fourth-order valence-electron chi connectivity index (χ4n) is 5.36. The minimum Gasteiger partial charge on any atom is -0.319 e. The van der Waals surface area contributed by atoms with Crippen LogP contribution in [0.1, 0.15) is 0 Å². The SMILES string of the molecule is [C-]#[N+]c1ccccc1-n1c2ccccc2c2cc(-n3c4ccccc4c4c(F)cccc43)ccc21. The summed E-state index contributed by atoms with van der Waals surface area (Å²) < 4.78 is 19.2. The zero-order chi connectivity index (χ0) is 23.5. The molecule has 0 saturated heterocycles. The Hall–Kier alpha value is -4.88. The Balaban J connectivity index is 1.60. The summed E-state index contributed by atoms with van der Waals surface area (Å²) in [6.07, 6.45) is 0. The van der Waals surface area contributed by atoms with Gasteiger partial charge in [-0.3, -0.25) is 0 Å². The second kappa shape index (κ2) is 7.31. The molecule has 4 heteroatoms. The van der Waals surface area contributed by atoms with Gasteiger partial charge in [0.15, 0.2) is 0 Å². The van der Waals surface area contributed by atoms with E-state index in [1.807, 2.05) is 66.7 Å². The van der Waals surface area contributed by atoms with E-state index in [1.165, 1.54) is 6.07 Å². The Labute approximate surface area is 200 Å². The zero-order valence-electron chi connectivity index (χ0n) is 18.6. The highest BCUT2D eigenvalue weighted by atomic mass is 19.1. The van der Waals surface area contributed by atoms with E-state index in [2.05, 4.69) is 44.3 Å². The highest BCUT2D eigenvalue weighted by molar-refractivity contribution is 6.12. The third-order valence-electron chi connectivity index (χ3n) is 6.80. The average molecular weight is 452 g/mol. The first-order valence-electron chi connectivity index (χ1n) is 11.4. The van der Waals surface area contributed by atoms with Crippen molar-refractivity contribution in [3.05, 3.63) is 126 Å². The lowest BCUT2D eigenvalue weighted by Gasteiger charge is -2.11. The van der Waals surface area contributed by atoms with Crippen LogP contribution in [0.15, 0.2) is 109 Å². The van der Waals surface area contributed by atoms with Crippen LogP contribution in [-0.4, -0.2) is 9.13 Å². The van der Waals surface area contributed by atoms with Crippen molar-refractivity contribution in [1.29, 1.82) is 0 Å². The Morgan fingerprint density at radius 3 is 2.06 bits per heavy atom. The van der Waals surface area contributed by atoms with E-state index in [1.54, 1.807) is 6.07 Å². The highest BCUT2D eigenvalue weighted by Gasteiger charge is 2.18. The highest BCUT2D eigenvalue weighted by Crippen LogP contribution is 2.38. The summed E-state index contributed by atoms with van der Waals surface area (Å²) in [6, 6.07) is 35.5. The molecule has 0 bridgehead atoms. The molecule has 0 radical (unpaired) electrons. The number of hydrogen-bond donors (Lipinski definition) is 0. The van der Waals surface area contributed by atoms with E-state index < -0.39 is 0 Å². The Morgan fingerprint density at radius 2 is 1.23 bits per heavy atom. The van der Waals surface area contributed by atoms with Crippen LogP contribution >= 0.6 is 0 Å². The number of halogens is 1. The van der Waals surface area contributed by atoms with Gasteiger partial charge in [-0.2, -0.15) is 0 Å². The summed E-state index contributed by atoms with van der Waals surface area (Å²) in [5.74, 6) is -0.217. The van der Waals surface area contributed by atoms with Crippen LogP contribution < -0.4 is 0 Å². The standard InChI is InChI=1S/C31H18FN3/c1-33-25-12-4-7-15-29(25)35-26-13-5-2-9-21(26)23-19-20(17-18-28(23)35)34-27-14-6-3-10-22(27)31-24(32)11-8-16-30(31)34/h2-19H. The van der Waals surface area contributed by atoms with Gasteiger partial charge in [-0.25, -0.2) is 9.24 Å². The number of rotatable bonds is 2. The van der Waals surface area contributed by atoms with Gasteiger partial charge in [0.05, 0.1) is 34.3 Å². The fraction of sp³-hybridized carbons (Fsp3) is 0. The maximum Gasteiger partial charge on any atom is 0.210 e. The first kappa shape index (κ1) is 19.6. The molecular formula is C31H18FN3. The molecule has 0 aliphatic rings. The van der Waals surface area contributed by atoms with Crippen LogP contribution in [-0.2, 0) is 0 Å². The molecule has 0 aliphatic heterocycles. The Bertz CT molecular complexity index is 1980. The quantitative estimate of drug-likeness (QED) is 0.234. The van der Waals surface area contributed by atoms with Crippen LogP contribution in [0.2, 0.25) is 0 Å². The van der Waals surface area contributed by atoms with Crippen molar-refractivity contribution in [2.75, 3.05) is 0 Å². The van der Waals surface area contributed by atoms with Crippen molar-refractivity contribution < 1.29 is 4.39 Å². The first-order valence-corrected chi connectivity index (χ1v) is 11.4. The molecule has 0 N–H and O–H groups in total. The second-order valence-corrected chi connectivity index (χ2v) is 8.64. The van der Waals surface area contributed by atoms with Crippen molar-refractivity contribution >= 4 is 49.3 Å². The number of para-hydroxylation sites is 4. The van der Waals surface area contributed by atoms with Crippen molar-refractivity contribution in [1.82, 2.24) is 9.13 Å². The lowest BCUT2D eigenvalue weighted by molar-refractivity contribution is 0.640. The lowest BCUT2D eigenvalue weighted by atomic mass is 10.1. The molecule has 35 heavy (non-hydrogen) atoms. The van der Waals surface area contributed by atoms with Gasteiger partial charge in [-0.1, -0.05) is 60.7 Å². The molecule has 3 nitrogen and oxygen atoms in total. The predicted octanol–water partition coefficient (Wildman–Crippen LogP) is 8.57. The van der Waals surface area contributed by atoms with Crippen LogP contribution in [0.3, 0.4) is 0 Å². The third kappa shape index (κ3) is 2.70. The zero-order valence-corrected chi connectivity index (χ0v) is 18.6. The number of nitrogens with zero attached hydrogens (tertiary/aromatic N) is 3. The summed E-state index contributed by atoms with van der Waals surface area (Å²) in [7, 11) is 0. The van der Waals surface area contributed by atoms with Crippen molar-refractivity contribution in [3.8, 4) is 11.4 Å². The molecular weight excluding hydrogens is 433 g/mol. The minimum atomic E-state index is -0.217. The van der Waals surface area contributed by atoms with E-state index in [0.717, 1.165) is 49.6 Å². The van der Waals surface area contributed by atoms with Gasteiger partial charge in [0, 0.05) is 27.2 Å². The number of aromatic nitrogens is 2. The van der Waals surface area contributed by atoms with Gasteiger partial charge < -0.3 is 9.13 Å². The molecule has 0 fully saturated rings. The van der Waals surface area contributed by atoms with Gasteiger partial charge in [-0.15, -0.1) is 0 Å². The molecule has 0 saturated carbocycles. The van der Waals surface area contributed by atoms with E-state index in [-0.39, 0.29) is 5.82 Å². The van der Waals surface area contributed by atoms with Crippen LogP contribution in [0.4, 0.5) is 10.1 Å². The maximum absolute atomic E-state index is 14.9. The molecule has 2 heterocycles. The van der Waals surface area contributed by atoms with Gasteiger partial charge in [0.25, 0.3) is 0 Å². The van der Waals surface area contributed by atoms with Crippen molar-refractivity contribution in [2.45, 2.75) is 0 Å². The minimum absolute atomic E-state index is 0.217. The summed E-state index contributed by atoms with van der Waals surface area (Å²) in [4.78, 5) is 3.76. The third-order valence-corrected chi connectivity index (χ3v) is 6.80. The number of fused-ring (bicyclic) bond motifs is 6. The Morgan fingerprint density at radius 1 is 0.571 bits per heavy atom. The Kier molecular flexibility index (Phi) is 4.09. The monoisotopic (exact) mass is 451 g/mol. The second-order valence-electron chi connectivity index (χ2n) is 8.64.